The number of nitrogens with one attached hydrogen (secondary N) is 1. The van der Waals surface area contributed by atoms with E-state index in [0.717, 1.165) is 30.4 Å². The van der Waals surface area contributed by atoms with E-state index in [9.17, 15) is 13.2 Å². The quantitative estimate of drug-likeness (QED) is 0.729. The molecule has 122 valence electrons. The monoisotopic (exact) mass is 335 g/mol. The fraction of sp³-hybridized carbons (Fsp3) is 0.267. The molecule has 0 aliphatic heterocycles. The van der Waals surface area contributed by atoms with E-state index in [0.29, 0.717) is 5.69 Å². The number of benzene rings is 1. The summed E-state index contributed by atoms with van der Waals surface area (Å²) in [6.45, 7) is 0. The summed E-state index contributed by atoms with van der Waals surface area (Å²) in [5, 5.41) is 7.40. The largest absolute Gasteiger partial charge is 0.438 e. The minimum absolute atomic E-state index is 0.0865. The Morgan fingerprint density at radius 1 is 1.26 bits per heavy atom. The van der Waals surface area contributed by atoms with Crippen LogP contribution in [-0.2, 0) is 16.4 Å². The molecule has 1 atom stereocenters. The van der Waals surface area contributed by atoms with E-state index >= 15 is 0 Å². The third-order valence-corrected chi connectivity index (χ3v) is 4.65. The second-order valence-corrected chi connectivity index (χ2v) is 7.03. The number of primary sulfonamides is 1. The van der Waals surface area contributed by atoms with E-state index in [1.807, 2.05) is 12.1 Å². The lowest BCUT2D eigenvalue weighted by molar-refractivity contribution is 0.0899. The normalized spacial score (nSPS) is 17.5. The van der Waals surface area contributed by atoms with Gasteiger partial charge in [-0.15, -0.1) is 0 Å². The second-order valence-electron chi connectivity index (χ2n) is 5.54. The number of carbonyl (C=O) groups excluding carboxylic acids is 1. The Morgan fingerprint density at radius 3 is 2.74 bits per heavy atom. The Balaban J connectivity index is 1.81. The first-order valence-corrected chi connectivity index (χ1v) is 8.71. The van der Waals surface area contributed by atoms with Crippen molar-refractivity contribution in [1.82, 2.24) is 5.32 Å². The van der Waals surface area contributed by atoms with Crippen LogP contribution in [0.2, 0.25) is 0 Å². The number of carbonyl (C=O) groups is 1. The van der Waals surface area contributed by atoms with Crippen LogP contribution >= 0.6 is 0 Å². The van der Waals surface area contributed by atoms with Crippen LogP contribution in [0.3, 0.4) is 0 Å². The van der Waals surface area contributed by atoms with E-state index in [1.54, 1.807) is 6.07 Å². The maximum atomic E-state index is 12.3. The molecule has 0 fully saturated rings. The van der Waals surface area contributed by atoms with Gasteiger partial charge in [-0.25, -0.2) is 13.6 Å². The number of amides is 1. The van der Waals surface area contributed by atoms with Gasteiger partial charge in [0, 0.05) is 5.69 Å². The van der Waals surface area contributed by atoms with Gasteiger partial charge in [0.2, 0.25) is 5.09 Å². The van der Waals surface area contributed by atoms with Crippen LogP contribution in [0.25, 0.3) is 0 Å². The van der Waals surface area contributed by atoms with Gasteiger partial charge < -0.3 is 15.5 Å². The van der Waals surface area contributed by atoms with Crippen molar-refractivity contribution in [3.63, 3.8) is 0 Å². The molecule has 1 aromatic heterocycles. The molecule has 7 nitrogen and oxygen atoms in total. The summed E-state index contributed by atoms with van der Waals surface area (Å²) in [6, 6.07) is 7.93. The Labute approximate surface area is 133 Å². The fourth-order valence-corrected chi connectivity index (χ4v) is 3.27. The van der Waals surface area contributed by atoms with Gasteiger partial charge in [0.15, 0.2) is 5.76 Å². The van der Waals surface area contributed by atoms with Crippen LogP contribution in [-0.4, -0.2) is 14.3 Å². The minimum atomic E-state index is -3.96. The van der Waals surface area contributed by atoms with Gasteiger partial charge in [-0.3, -0.25) is 4.79 Å². The molecule has 0 saturated heterocycles. The van der Waals surface area contributed by atoms with Gasteiger partial charge in [0.05, 0.1) is 6.04 Å². The summed E-state index contributed by atoms with van der Waals surface area (Å²) >= 11 is 0. The van der Waals surface area contributed by atoms with Crippen molar-refractivity contribution in [3.8, 4) is 0 Å². The standard InChI is InChI=1S/C15H17N3O4S/c16-10-4-5-11-9(8-10)2-1-3-12(11)18-15(19)13-6-7-14(22-13)23(17,20)21/h4-8,12H,1-3,16H2,(H,18,19)(H2,17,20,21). The Hall–Kier alpha value is -2.32. The predicted octanol–water partition coefficient (Wildman–Crippen LogP) is 1.32. The molecule has 1 aromatic carbocycles. The van der Waals surface area contributed by atoms with Crippen LogP contribution in [0.5, 0.6) is 0 Å². The number of hydrogen-bond acceptors (Lipinski definition) is 5. The summed E-state index contributed by atoms with van der Waals surface area (Å²) in [6.07, 6.45) is 2.65. The number of nitrogen functional groups attached to an aromatic ring is 1. The molecule has 1 amide bonds. The second kappa shape index (κ2) is 5.71. The van der Waals surface area contributed by atoms with Crippen LogP contribution in [0, 0.1) is 0 Å². The molecule has 3 rings (SSSR count). The van der Waals surface area contributed by atoms with Crippen molar-refractivity contribution in [2.24, 2.45) is 5.14 Å². The SMILES string of the molecule is Nc1ccc2c(c1)CCCC2NC(=O)c1ccc(S(N)(=O)=O)o1. The molecule has 1 unspecified atom stereocenters. The average molecular weight is 335 g/mol. The minimum Gasteiger partial charge on any atom is -0.438 e. The average Bonchev–Trinajstić information content (AvgIpc) is 2.97. The van der Waals surface area contributed by atoms with Gasteiger partial charge in [-0.05, 0) is 54.7 Å². The smallest absolute Gasteiger partial charge is 0.287 e. The highest BCUT2D eigenvalue weighted by Gasteiger charge is 2.24. The van der Waals surface area contributed by atoms with E-state index in [4.69, 9.17) is 15.3 Å². The Morgan fingerprint density at radius 2 is 2.04 bits per heavy atom. The van der Waals surface area contributed by atoms with E-state index in [-0.39, 0.29) is 11.8 Å². The van der Waals surface area contributed by atoms with Crippen molar-refractivity contribution in [2.75, 3.05) is 5.73 Å². The molecule has 2 aromatic rings. The highest BCUT2D eigenvalue weighted by atomic mass is 32.2. The van der Waals surface area contributed by atoms with Crippen molar-refractivity contribution in [3.05, 3.63) is 47.2 Å². The predicted molar refractivity (Wildman–Crippen MR) is 84.1 cm³/mol. The van der Waals surface area contributed by atoms with Gasteiger partial charge in [-0.2, -0.15) is 0 Å². The summed E-state index contributed by atoms with van der Waals surface area (Å²) in [5.41, 5.74) is 8.63. The number of nitrogens with two attached hydrogens (primary N) is 2. The molecule has 23 heavy (non-hydrogen) atoms. The zero-order chi connectivity index (χ0) is 16.6. The summed E-state index contributed by atoms with van der Waals surface area (Å²) in [4.78, 5) is 12.3. The number of sulfonamides is 1. The number of fused-ring (bicyclic) bond motifs is 1. The number of rotatable bonds is 3. The third kappa shape index (κ3) is 3.22. The molecule has 1 aliphatic carbocycles. The lowest BCUT2D eigenvalue weighted by Crippen LogP contribution is -2.30. The number of anilines is 1. The van der Waals surface area contributed by atoms with Crippen molar-refractivity contribution in [2.45, 2.75) is 30.4 Å². The summed E-state index contributed by atoms with van der Waals surface area (Å²) < 4.78 is 27.4. The molecule has 1 aliphatic rings. The van der Waals surface area contributed by atoms with Crippen LogP contribution in [0.1, 0.15) is 40.6 Å². The van der Waals surface area contributed by atoms with Gasteiger partial charge >= 0.3 is 0 Å². The lowest BCUT2D eigenvalue weighted by atomic mass is 9.87. The van der Waals surface area contributed by atoms with E-state index in [1.165, 1.54) is 12.1 Å². The summed E-state index contributed by atoms with van der Waals surface area (Å²) in [7, 11) is -3.96. The van der Waals surface area contributed by atoms with Crippen molar-refractivity contribution < 1.29 is 17.6 Å². The Bertz CT molecular complexity index is 857. The summed E-state index contributed by atoms with van der Waals surface area (Å²) in [5.74, 6) is -0.564. The number of furan rings is 1. The first-order chi connectivity index (χ1) is 10.8. The zero-order valence-corrected chi connectivity index (χ0v) is 13.1. The molecule has 0 bridgehead atoms. The molecule has 0 spiro atoms. The molecule has 0 radical (unpaired) electrons. The molecular formula is C15H17N3O4S. The van der Waals surface area contributed by atoms with Gasteiger partial charge in [0.25, 0.3) is 15.9 Å². The maximum Gasteiger partial charge on any atom is 0.287 e. The highest BCUT2D eigenvalue weighted by Crippen LogP contribution is 2.31. The van der Waals surface area contributed by atoms with Crippen molar-refractivity contribution >= 4 is 21.6 Å². The van der Waals surface area contributed by atoms with E-state index < -0.39 is 21.0 Å². The number of hydrogen-bond donors (Lipinski definition) is 3. The van der Waals surface area contributed by atoms with Crippen LogP contribution in [0.15, 0.2) is 39.8 Å². The molecule has 0 saturated carbocycles. The highest BCUT2D eigenvalue weighted by molar-refractivity contribution is 7.89. The lowest BCUT2D eigenvalue weighted by Gasteiger charge is -2.26. The van der Waals surface area contributed by atoms with Crippen LogP contribution in [0.4, 0.5) is 5.69 Å². The molecular weight excluding hydrogens is 318 g/mol. The van der Waals surface area contributed by atoms with Gasteiger partial charge in [-0.1, -0.05) is 6.07 Å². The topological polar surface area (TPSA) is 128 Å². The maximum absolute atomic E-state index is 12.3. The van der Waals surface area contributed by atoms with Crippen LogP contribution < -0.4 is 16.2 Å². The Kier molecular flexibility index (Phi) is 3.87. The van der Waals surface area contributed by atoms with Crippen molar-refractivity contribution in [1.29, 1.82) is 0 Å². The number of aryl methyl sites for hydroxylation is 1. The third-order valence-electron chi connectivity index (χ3n) is 3.87. The zero-order valence-electron chi connectivity index (χ0n) is 12.3. The van der Waals surface area contributed by atoms with Gasteiger partial charge in [0.1, 0.15) is 0 Å². The molecule has 8 heteroatoms. The molecule has 1 heterocycles. The first kappa shape index (κ1) is 15.6. The fourth-order valence-electron chi connectivity index (χ4n) is 2.81. The van der Waals surface area contributed by atoms with E-state index in [2.05, 4.69) is 5.32 Å². The molecule has 5 N–H and O–H groups in total. The first-order valence-electron chi connectivity index (χ1n) is 7.16.